The first-order chi connectivity index (χ1) is 10.6. The van der Waals surface area contributed by atoms with Crippen LogP contribution in [0, 0.1) is 5.92 Å². The highest BCUT2D eigenvalue weighted by Gasteiger charge is 2.04. The topological polar surface area (TPSA) is 63.3 Å². The van der Waals surface area contributed by atoms with Crippen LogP contribution in [0.1, 0.15) is 35.7 Å². The van der Waals surface area contributed by atoms with Gasteiger partial charge in [-0.25, -0.2) is 4.79 Å². The summed E-state index contributed by atoms with van der Waals surface area (Å²) in [6.45, 7) is 3.00. The molecular weight excluding hydrogens is 274 g/mol. The third-order valence-electron chi connectivity index (χ3n) is 4.00. The van der Waals surface area contributed by atoms with E-state index in [-0.39, 0.29) is 0 Å². The Balaban J connectivity index is 2.00. The van der Waals surface area contributed by atoms with Gasteiger partial charge >= 0.3 is 5.97 Å². The minimum absolute atomic E-state index is 0.314. The molecule has 0 aliphatic heterocycles. The minimum Gasteiger partial charge on any atom is -0.478 e. The van der Waals surface area contributed by atoms with Gasteiger partial charge in [0, 0.05) is 0 Å². The first-order valence-electron chi connectivity index (χ1n) is 7.73. The summed E-state index contributed by atoms with van der Waals surface area (Å²) in [6, 6.07) is 15.5. The molecule has 0 aromatic heterocycles. The van der Waals surface area contributed by atoms with Crippen molar-refractivity contribution < 1.29 is 9.90 Å². The average molecular weight is 297 g/mol. The van der Waals surface area contributed by atoms with Crippen LogP contribution < -0.4 is 5.73 Å². The summed E-state index contributed by atoms with van der Waals surface area (Å²) < 4.78 is 0. The Morgan fingerprint density at radius 2 is 1.55 bits per heavy atom. The quantitative estimate of drug-likeness (QED) is 0.812. The highest BCUT2D eigenvalue weighted by atomic mass is 16.4. The van der Waals surface area contributed by atoms with E-state index in [9.17, 15) is 4.79 Å². The SMILES string of the molecule is CC(CCN)CCc1ccc(-c2ccc(C(=O)O)cc2)cc1. The van der Waals surface area contributed by atoms with Crippen LogP contribution in [0.2, 0.25) is 0 Å². The zero-order chi connectivity index (χ0) is 15.9. The van der Waals surface area contributed by atoms with E-state index in [1.54, 1.807) is 12.1 Å². The van der Waals surface area contributed by atoms with Gasteiger partial charge in [-0.15, -0.1) is 0 Å². The maximum absolute atomic E-state index is 10.9. The highest BCUT2D eigenvalue weighted by Crippen LogP contribution is 2.21. The zero-order valence-electron chi connectivity index (χ0n) is 13.0. The fraction of sp³-hybridized carbons (Fsp3) is 0.316. The molecule has 0 bridgehead atoms. The molecule has 0 aliphatic carbocycles. The van der Waals surface area contributed by atoms with Gasteiger partial charge in [0.25, 0.3) is 0 Å². The molecule has 116 valence electrons. The van der Waals surface area contributed by atoms with Gasteiger partial charge in [0.05, 0.1) is 5.56 Å². The number of aromatic carboxylic acids is 1. The molecule has 1 atom stereocenters. The second-order valence-electron chi connectivity index (χ2n) is 5.80. The molecule has 0 saturated carbocycles. The van der Waals surface area contributed by atoms with Crippen molar-refractivity contribution in [3.05, 3.63) is 59.7 Å². The molecule has 0 spiro atoms. The fourth-order valence-corrected chi connectivity index (χ4v) is 2.51. The molecule has 0 fully saturated rings. The van der Waals surface area contributed by atoms with Crippen LogP contribution in [0.25, 0.3) is 11.1 Å². The number of rotatable bonds is 7. The first-order valence-corrected chi connectivity index (χ1v) is 7.73. The van der Waals surface area contributed by atoms with Crippen LogP contribution in [0.15, 0.2) is 48.5 Å². The van der Waals surface area contributed by atoms with Crippen molar-refractivity contribution in [2.75, 3.05) is 6.54 Å². The Morgan fingerprint density at radius 3 is 2.05 bits per heavy atom. The monoisotopic (exact) mass is 297 g/mol. The number of carbonyl (C=O) groups is 1. The van der Waals surface area contributed by atoms with Crippen LogP contribution in [-0.2, 0) is 6.42 Å². The summed E-state index contributed by atoms with van der Waals surface area (Å²) in [7, 11) is 0. The molecule has 2 rings (SSSR count). The average Bonchev–Trinajstić information content (AvgIpc) is 2.54. The van der Waals surface area contributed by atoms with E-state index < -0.39 is 5.97 Å². The van der Waals surface area contributed by atoms with Gasteiger partial charge in [-0.1, -0.05) is 43.3 Å². The second kappa shape index (κ2) is 7.76. The lowest BCUT2D eigenvalue weighted by molar-refractivity contribution is 0.0697. The second-order valence-corrected chi connectivity index (χ2v) is 5.80. The Hall–Kier alpha value is -2.13. The van der Waals surface area contributed by atoms with Crippen LogP contribution in [-0.4, -0.2) is 17.6 Å². The van der Waals surface area contributed by atoms with E-state index in [2.05, 4.69) is 31.2 Å². The molecule has 3 N–H and O–H groups in total. The van der Waals surface area contributed by atoms with Crippen LogP contribution in [0.5, 0.6) is 0 Å². The molecule has 3 heteroatoms. The fourth-order valence-electron chi connectivity index (χ4n) is 2.51. The maximum Gasteiger partial charge on any atom is 0.335 e. The molecule has 0 radical (unpaired) electrons. The largest absolute Gasteiger partial charge is 0.478 e. The van der Waals surface area contributed by atoms with Crippen LogP contribution >= 0.6 is 0 Å². The van der Waals surface area contributed by atoms with Crippen molar-refractivity contribution in [2.45, 2.75) is 26.2 Å². The van der Waals surface area contributed by atoms with Gasteiger partial charge in [-0.2, -0.15) is 0 Å². The number of carboxylic acid groups (broad SMARTS) is 1. The molecule has 0 amide bonds. The molecule has 2 aromatic carbocycles. The number of nitrogens with two attached hydrogens (primary N) is 1. The summed E-state index contributed by atoms with van der Waals surface area (Å²) in [5.41, 5.74) is 9.36. The van der Waals surface area contributed by atoms with Crippen molar-refractivity contribution >= 4 is 5.97 Å². The number of benzene rings is 2. The van der Waals surface area contributed by atoms with Crippen molar-refractivity contribution in [3.8, 4) is 11.1 Å². The lowest BCUT2D eigenvalue weighted by Gasteiger charge is -2.10. The predicted molar refractivity (Wildman–Crippen MR) is 90.0 cm³/mol. The summed E-state index contributed by atoms with van der Waals surface area (Å²) in [4.78, 5) is 10.9. The third-order valence-corrected chi connectivity index (χ3v) is 4.00. The lowest BCUT2D eigenvalue weighted by Crippen LogP contribution is -2.06. The van der Waals surface area contributed by atoms with E-state index in [0.717, 1.165) is 36.9 Å². The van der Waals surface area contributed by atoms with Crippen molar-refractivity contribution in [2.24, 2.45) is 11.7 Å². The van der Waals surface area contributed by atoms with E-state index in [0.29, 0.717) is 11.5 Å². The number of hydrogen-bond acceptors (Lipinski definition) is 2. The van der Waals surface area contributed by atoms with Crippen molar-refractivity contribution in [1.29, 1.82) is 0 Å². The number of carboxylic acids is 1. The first kappa shape index (κ1) is 16.2. The van der Waals surface area contributed by atoms with Gasteiger partial charge in [0.15, 0.2) is 0 Å². The standard InChI is InChI=1S/C19H23NO2/c1-14(12-13-20)2-3-15-4-6-16(7-5-15)17-8-10-18(11-9-17)19(21)22/h4-11,14H,2-3,12-13,20H2,1H3,(H,21,22). The molecule has 2 aromatic rings. The summed E-state index contributed by atoms with van der Waals surface area (Å²) in [5.74, 6) is -0.235. The van der Waals surface area contributed by atoms with Crippen molar-refractivity contribution in [3.63, 3.8) is 0 Å². The van der Waals surface area contributed by atoms with Gasteiger partial charge < -0.3 is 10.8 Å². The number of hydrogen-bond donors (Lipinski definition) is 2. The highest BCUT2D eigenvalue weighted by molar-refractivity contribution is 5.88. The molecular formula is C19H23NO2. The summed E-state index contributed by atoms with van der Waals surface area (Å²) in [5, 5.41) is 8.92. The zero-order valence-corrected chi connectivity index (χ0v) is 13.0. The van der Waals surface area contributed by atoms with Gasteiger partial charge in [-0.05, 0) is 60.5 Å². The summed E-state index contributed by atoms with van der Waals surface area (Å²) in [6.07, 6.45) is 3.30. The van der Waals surface area contributed by atoms with E-state index in [1.165, 1.54) is 5.56 Å². The smallest absolute Gasteiger partial charge is 0.335 e. The predicted octanol–water partition coefficient (Wildman–Crippen LogP) is 3.97. The third kappa shape index (κ3) is 4.43. The molecule has 1 unspecified atom stereocenters. The Morgan fingerprint density at radius 1 is 1.00 bits per heavy atom. The Bertz CT molecular complexity index is 602. The van der Waals surface area contributed by atoms with Crippen molar-refractivity contribution in [1.82, 2.24) is 0 Å². The van der Waals surface area contributed by atoms with Crippen LogP contribution in [0.4, 0.5) is 0 Å². The molecule has 3 nitrogen and oxygen atoms in total. The lowest BCUT2D eigenvalue weighted by atomic mass is 9.96. The maximum atomic E-state index is 10.9. The van der Waals surface area contributed by atoms with Gasteiger partial charge in [0.2, 0.25) is 0 Å². The molecule has 0 aliphatic rings. The minimum atomic E-state index is -0.895. The molecule has 22 heavy (non-hydrogen) atoms. The van der Waals surface area contributed by atoms with Gasteiger partial charge in [0.1, 0.15) is 0 Å². The summed E-state index contributed by atoms with van der Waals surface area (Å²) >= 11 is 0. The van der Waals surface area contributed by atoms with E-state index in [1.807, 2.05) is 12.1 Å². The van der Waals surface area contributed by atoms with Crippen LogP contribution in [0.3, 0.4) is 0 Å². The Labute approximate surface area is 131 Å². The Kier molecular flexibility index (Phi) is 5.73. The molecule has 0 heterocycles. The normalized spacial score (nSPS) is 12.1. The number of aryl methyl sites for hydroxylation is 1. The van der Waals surface area contributed by atoms with E-state index in [4.69, 9.17) is 10.8 Å². The van der Waals surface area contributed by atoms with Gasteiger partial charge in [-0.3, -0.25) is 0 Å². The van der Waals surface area contributed by atoms with E-state index >= 15 is 0 Å². The molecule has 0 saturated heterocycles.